The van der Waals surface area contributed by atoms with Crippen molar-refractivity contribution in [3.8, 4) is 0 Å². The van der Waals surface area contributed by atoms with Gasteiger partial charge in [-0.1, -0.05) is 26.0 Å². The average Bonchev–Trinajstić information content (AvgIpc) is 2.79. The minimum Gasteiger partial charge on any atom is -0.329 e. The van der Waals surface area contributed by atoms with Crippen molar-refractivity contribution in [2.24, 2.45) is 5.73 Å². The molecule has 0 saturated heterocycles. The van der Waals surface area contributed by atoms with E-state index in [4.69, 9.17) is 5.73 Å². The van der Waals surface area contributed by atoms with Crippen molar-refractivity contribution in [3.05, 3.63) is 30.1 Å². The third-order valence-corrected chi connectivity index (χ3v) is 4.21. The molecule has 1 aromatic heterocycles. The van der Waals surface area contributed by atoms with Crippen LogP contribution in [0.4, 0.5) is 13.2 Å². The molecular formula is C15H20F3N3. The van der Waals surface area contributed by atoms with Crippen LogP contribution >= 0.6 is 0 Å². The third-order valence-electron chi connectivity index (χ3n) is 4.21. The fourth-order valence-corrected chi connectivity index (χ4v) is 2.77. The summed E-state index contributed by atoms with van der Waals surface area (Å²) >= 11 is 0. The van der Waals surface area contributed by atoms with Gasteiger partial charge in [0.1, 0.15) is 12.4 Å². The molecule has 1 aromatic carbocycles. The minimum absolute atomic E-state index is 0.279. The van der Waals surface area contributed by atoms with Crippen molar-refractivity contribution in [3.63, 3.8) is 0 Å². The molecule has 2 N–H and O–H groups in total. The molecule has 0 saturated carbocycles. The maximum Gasteiger partial charge on any atom is 0.406 e. The Balaban J connectivity index is 2.69. The van der Waals surface area contributed by atoms with Crippen LogP contribution in [0.3, 0.4) is 0 Å². The third kappa shape index (κ3) is 2.90. The van der Waals surface area contributed by atoms with Crippen LogP contribution in [0.15, 0.2) is 24.3 Å². The van der Waals surface area contributed by atoms with E-state index in [1.54, 1.807) is 24.3 Å². The molecule has 21 heavy (non-hydrogen) atoms. The van der Waals surface area contributed by atoms with Gasteiger partial charge >= 0.3 is 6.18 Å². The summed E-state index contributed by atoms with van der Waals surface area (Å²) in [6.45, 7) is 3.12. The topological polar surface area (TPSA) is 43.8 Å². The Morgan fingerprint density at radius 2 is 1.76 bits per heavy atom. The lowest BCUT2D eigenvalue weighted by molar-refractivity contribution is -0.140. The summed E-state index contributed by atoms with van der Waals surface area (Å²) in [6, 6.07) is 6.91. The van der Waals surface area contributed by atoms with Gasteiger partial charge in [-0.25, -0.2) is 4.98 Å². The predicted molar refractivity (Wildman–Crippen MR) is 77.1 cm³/mol. The van der Waals surface area contributed by atoms with Crippen LogP contribution in [-0.2, 0) is 12.0 Å². The van der Waals surface area contributed by atoms with Crippen LogP contribution in [0, 0.1) is 0 Å². The number of imidazole rings is 1. The Kier molecular flexibility index (Phi) is 4.27. The van der Waals surface area contributed by atoms with Gasteiger partial charge in [0.2, 0.25) is 0 Å². The molecular weight excluding hydrogens is 279 g/mol. The Bertz CT molecular complexity index is 604. The maximum absolute atomic E-state index is 12.9. The van der Waals surface area contributed by atoms with E-state index in [2.05, 4.69) is 4.98 Å². The fraction of sp³-hybridized carbons (Fsp3) is 0.533. The Morgan fingerprint density at radius 3 is 2.29 bits per heavy atom. The molecule has 2 rings (SSSR count). The number of nitrogens with two attached hydrogens (primary N) is 1. The standard InChI is InChI=1S/C15H20F3N3/c1-3-14(4-2,9-19)13-20-11-7-5-6-8-12(11)21(13)10-15(16,17)18/h5-8H,3-4,9-10,19H2,1-2H3. The molecule has 0 bridgehead atoms. The Labute approximate surface area is 122 Å². The Morgan fingerprint density at radius 1 is 1.14 bits per heavy atom. The quantitative estimate of drug-likeness (QED) is 0.916. The minimum atomic E-state index is -4.29. The van der Waals surface area contributed by atoms with Crippen LogP contribution in [0.5, 0.6) is 0 Å². The van der Waals surface area contributed by atoms with Gasteiger partial charge in [0.15, 0.2) is 0 Å². The maximum atomic E-state index is 12.9. The zero-order chi connectivity index (χ0) is 15.7. The van der Waals surface area contributed by atoms with Gasteiger partial charge in [-0.2, -0.15) is 13.2 Å². The van der Waals surface area contributed by atoms with E-state index in [0.717, 1.165) is 0 Å². The van der Waals surface area contributed by atoms with Crippen molar-refractivity contribution in [2.75, 3.05) is 6.54 Å². The van der Waals surface area contributed by atoms with E-state index >= 15 is 0 Å². The summed E-state index contributed by atoms with van der Waals surface area (Å²) in [5.74, 6) is 0.438. The number of hydrogen-bond acceptors (Lipinski definition) is 2. The predicted octanol–water partition coefficient (Wildman–Crippen LogP) is 3.62. The number of alkyl halides is 3. The van der Waals surface area contributed by atoms with Gasteiger partial charge in [0, 0.05) is 12.0 Å². The number of rotatable bonds is 5. The van der Waals surface area contributed by atoms with Gasteiger partial charge in [0.25, 0.3) is 0 Å². The van der Waals surface area contributed by atoms with Crippen molar-refractivity contribution in [1.82, 2.24) is 9.55 Å². The van der Waals surface area contributed by atoms with Crippen LogP contribution in [0.25, 0.3) is 11.0 Å². The van der Waals surface area contributed by atoms with Gasteiger partial charge in [0.05, 0.1) is 11.0 Å². The second kappa shape index (κ2) is 5.67. The molecule has 0 spiro atoms. The highest BCUT2D eigenvalue weighted by Crippen LogP contribution is 2.34. The van der Waals surface area contributed by atoms with E-state index in [9.17, 15) is 13.2 Å². The van der Waals surface area contributed by atoms with Crippen LogP contribution in [0.2, 0.25) is 0 Å². The first kappa shape index (κ1) is 15.8. The molecule has 0 fully saturated rings. The van der Waals surface area contributed by atoms with E-state index < -0.39 is 18.1 Å². The van der Waals surface area contributed by atoms with Gasteiger partial charge < -0.3 is 10.3 Å². The fourth-order valence-electron chi connectivity index (χ4n) is 2.77. The number of fused-ring (bicyclic) bond motifs is 1. The highest BCUT2D eigenvalue weighted by Gasteiger charge is 2.37. The Hall–Kier alpha value is -1.56. The summed E-state index contributed by atoms with van der Waals surface area (Å²) in [7, 11) is 0. The first-order chi connectivity index (χ1) is 9.87. The number of benzene rings is 1. The molecule has 0 radical (unpaired) electrons. The smallest absolute Gasteiger partial charge is 0.329 e. The molecule has 116 valence electrons. The summed E-state index contributed by atoms with van der Waals surface area (Å²) in [5.41, 5.74) is 6.44. The van der Waals surface area contributed by atoms with Crippen LogP contribution in [-0.4, -0.2) is 22.3 Å². The SMILES string of the molecule is CCC(CC)(CN)c1nc2ccccc2n1CC(F)(F)F. The highest BCUT2D eigenvalue weighted by molar-refractivity contribution is 5.76. The number of aromatic nitrogens is 2. The molecule has 3 nitrogen and oxygen atoms in total. The average molecular weight is 299 g/mol. The number of hydrogen-bond donors (Lipinski definition) is 1. The lowest BCUT2D eigenvalue weighted by Gasteiger charge is -2.30. The van der Waals surface area contributed by atoms with Gasteiger partial charge in [-0.3, -0.25) is 0 Å². The van der Waals surface area contributed by atoms with E-state index in [0.29, 0.717) is 29.7 Å². The largest absolute Gasteiger partial charge is 0.406 e. The highest BCUT2D eigenvalue weighted by atomic mass is 19.4. The molecule has 2 aromatic rings. The number of para-hydroxylation sites is 2. The van der Waals surface area contributed by atoms with Crippen molar-refractivity contribution in [2.45, 2.75) is 44.8 Å². The molecule has 0 unspecified atom stereocenters. The van der Waals surface area contributed by atoms with Crippen LogP contribution < -0.4 is 5.73 Å². The number of nitrogens with zero attached hydrogens (tertiary/aromatic N) is 2. The van der Waals surface area contributed by atoms with Crippen molar-refractivity contribution in [1.29, 1.82) is 0 Å². The zero-order valence-electron chi connectivity index (χ0n) is 12.2. The summed E-state index contributed by atoms with van der Waals surface area (Å²) in [5, 5.41) is 0. The van der Waals surface area contributed by atoms with Gasteiger partial charge in [-0.15, -0.1) is 0 Å². The second-order valence-electron chi connectivity index (χ2n) is 5.32. The monoisotopic (exact) mass is 299 g/mol. The van der Waals surface area contributed by atoms with E-state index in [1.807, 2.05) is 13.8 Å². The molecule has 1 heterocycles. The van der Waals surface area contributed by atoms with E-state index in [-0.39, 0.29) is 6.54 Å². The molecule has 0 aliphatic rings. The summed E-state index contributed by atoms with van der Waals surface area (Å²) in [4.78, 5) is 4.46. The second-order valence-corrected chi connectivity index (χ2v) is 5.32. The number of halogens is 3. The molecule has 0 aliphatic carbocycles. The first-order valence-electron chi connectivity index (χ1n) is 7.09. The lowest BCUT2D eigenvalue weighted by atomic mass is 9.81. The summed E-state index contributed by atoms with van der Waals surface area (Å²) in [6.07, 6.45) is -2.98. The van der Waals surface area contributed by atoms with Crippen LogP contribution in [0.1, 0.15) is 32.5 Å². The molecule has 0 atom stereocenters. The van der Waals surface area contributed by atoms with E-state index in [1.165, 1.54) is 4.57 Å². The first-order valence-corrected chi connectivity index (χ1v) is 7.09. The molecule has 0 aliphatic heterocycles. The lowest BCUT2D eigenvalue weighted by Crippen LogP contribution is -2.38. The normalized spacial score (nSPS) is 13.0. The zero-order valence-corrected chi connectivity index (χ0v) is 12.2. The molecule has 6 heteroatoms. The van der Waals surface area contributed by atoms with Crippen molar-refractivity contribution < 1.29 is 13.2 Å². The van der Waals surface area contributed by atoms with Gasteiger partial charge in [-0.05, 0) is 25.0 Å². The summed E-state index contributed by atoms with van der Waals surface area (Å²) < 4.78 is 40.1. The van der Waals surface area contributed by atoms with Crippen molar-refractivity contribution >= 4 is 11.0 Å². The molecule has 0 amide bonds.